The highest BCUT2D eigenvalue weighted by Crippen LogP contribution is 2.26. The molecule has 0 aromatic heterocycles. The van der Waals surface area contributed by atoms with Crippen LogP contribution in [0.4, 0.5) is 4.79 Å². The first-order chi connectivity index (χ1) is 10.7. The summed E-state index contributed by atoms with van der Waals surface area (Å²) in [5.41, 5.74) is 0. The van der Waals surface area contributed by atoms with Crippen LogP contribution in [-0.4, -0.2) is 78.6 Å². The molecule has 3 aliphatic rings. The van der Waals surface area contributed by atoms with E-state index in [9.17, 15) is 9.59 Å². The van der Waals surface area contributed by atoms with E-state index in [0.29, 0.717) is 19.7 Å². The van der Waals surface area contributed by atoms with Crippen molar-refractivity contribution in [1.29, 1.82) is 0 Å². The molecule has 2 aliphatic heterocycles. The van der Waals surface area contributed by atoms with E-state index >= 15 is 0 Å². The molecule has 0 aromatic rings. The Hall–Kier alpha value is -1.30. The Kier molecular flexibility index (Phi) is 4.86. The van der Waals surface area contributed by atoms with Gasteiger partial charge in [0, 0.05) is 45.3 Å². The smallest absolute Gasteiger partial charge is 0.320 e. The monoisotopic (exact) mass is 309 g/mol. The molecule has 0 aromatic carbocycles. The second-order valence-corrected chi connectivity index (χ2v) is 6.60. The minimum absolute atomic E-state index is 0.0935. The molecule has 0 radical (unpaired) electrons. The molecule has 3 fully saturated rings. The van der Waals surface area contributed by atoms with E-state index < -0.39 is 0 Å². The Bertz CT molecular complexity index is 419. The molecule has 0 atom stereocenters. The molecule has 1 aliphatic carbocycles. The first-order valence-electron chi connectivity index (χ1n) is 8.63. The van der Waals surface area contributed by atoms with Gasteiger partial charge in [0.2, 0.25) is 0 Å². The molecule has 2 amide bonds. The van der Waals surface area contributed by atoms with Gasteiger partial charge in [0.25, 0.3) is 0 Å². The number of hydrogen-bond acceptors (Lipinski definition) is 4. The number of likely N-dealkylation sites (tertiary alicyclic amines) is 1. The summed E-state index contributed by atoms with van der Waals surface area (Å²) in [7, 11) is 0. The van der Waals surface area contributed by atoms with E-state index in [1.807, 2.05) is 11.8 Å². The van der Waals surface area contributed by atoms with Gasteiger partial charge in [-0.05, 0) is 26.2 Å². The zero-order chi connectivity index (χ0) is 15.5. The maximum atomic E-state index is 12.5. The predicted octanol–water partition coefficient (Wildman–Crippen LogP) is 1.16. The van der Waals surface area contributed by atoms with Gasteiger partial charge in [-0.1, -0.05) is 6.42 Å². The van der Waals surface area contributed by atoms with Crippen molar-refractivity contribution >= 4 is 12.0 Å². The molecule has 22 heavy (non-hydrogen) atoms. The lowest BCUT2D eigenvalue weighted by atomic mass is 9.91. The Morgan fingerprint density at radius 1 is 1.00 bits per heavy atom. The Labute approximate surface area is 132 Å². The van der Waals surface area contributed by atoms with Crippen molar-refractivity contribution in [2.45, 2.75) is 38.6 Å². The molecule has 1 saturated carbocycles. The highest BCUT2D eigenvalue weighted by molar-refractivity contribution is 5.80. The van der Waals surface area contributed by atoms with Gasteiger partial charge in [-0.3, -0.25) is 9.69 Å². The predicted molar refractivity (Wildman–Crippen MR) is 82.5 cm³/mol. The van der Waals surface area contributed by atoms with Crippen molar-refractivity contribution in [3.05, 3.63) is 0 Å². The summed E-state index contributed by atoms with van der Waals surface area (Å²) >= 11 is 0. The van der Waals surface area contributed by atoms with Gasteiger partial charge < -0.3 is 14.5 Å². The number of amides is 2. The first-order valence-corrected chi connectivity index (χ1v) is 8.63. The molecule has 2 saturated heterocycles. The van der Waals surface area contributed by atoms with Gasteiger partial charge in [0.05, 0.1) is 12.5 Å². The Morgan fingerprint density at radius 3 is 2.41 bits per heavy atom. The van der Waals surface area contributed by atoms with Crippen LogP contribution in [-0.2, 0) is 9.53 Å². The third-order valence-electron chi connectivity index (χ3n) is 5.16. The standard InChI is InChI=1S/C16H27N3O3/c1-2-22-15(20)13-11-19(12-13)16(21)18-8-4-7-17(9-10-18)14-5-3-6-14/h13-14H,2-12H2,1H3. The fourth-order valence-corrected chi connectivity index (χ4v) is 3.49. The van der Waals surface area contributed by atoms with Crippen LogP contribution in [0.15, 0.2) is 0 Å². The quantitative estimate of drug-likeness (QED) is 0.734. The topological polar surface area (TPSA) is 53.1 Å². The third kappa shape index (κ3) is 3.21. The molecule has 6 nitrogen and oxygen atoms in total. The minimum Gasteiger partial charge on any atom is -0.466 e. The summed E-state index contributed by atoms with van der Waals surface area (Å²) in [5.74, 6) is -0.291. The zero-order valence-electron chi connectivity index (χ0n) is 13.5. The second-order valence-electron chi connectivity index (χ2n) is 6.60. The number of rotatable bonds is 3. The summed E-state index contributed by atoms with van der Waals surface area (Å²) in [6.07, 6.45) is 5.05. The largest absolute Gasteiger partial charge is 0.466 e. The van der Waals surface area contributed by atoms with E-state index in [4.69, 9.17) is 4.74 Å². The number of hydrogen-bond donors (Lipinski definition) is 0. The van der Waals surface area contributed by atoms with E-state index in [1.54, 1.807) is 4.90 Å². The van der Waals surface area contributed by atoms with Crippen LogP contribution in [0.5, 0.6) is 0 Å². The summed E-state index contributed by atoms with van der Waals surface area (Å²) in [6, 6.07) is 0.850. The van der Waals surface area contributed by atoms with Gasteiger partial charge in [0.1, 0.15) is 0 Å². The number of urea groups is 1. The van der Waals surface area contributed by atoms with Crippen molar-refractivity contribution in [1.82, 2.24) is 14.7 Å². The maximum absolute atomic E-state index is 12.5. The minimum atomic E-state index is -0.168. The van der Waals surface area contributed by atoms with Crippen LogP contribution in [0.1, 0.15) is 32.6 Å². The van der Waals surface area contributed by atoms with Gasteiger partial charge in [-0.2, -0.15) is 0 Å². The molecular weight excluding hydrogens is 282 g/mol. The molecule has 0 spiro atoms. The SMILES string of the molecule is CCOC(=O)C1CN(C(=O)N2CCCN(C3CCC3)CC2)C1. The first kappa shape index (κ1) is 15.6. The number of carbonyl (C=O) groups excluding carboxylic acids is 2. The van der Waals surface area contributed by atoms with Crippen molar-refractivity contribution < 1.29 is 14.3 Å². The van der Waals surface area contributed by atoms with Crippen LogP contribution in [0.3, 0.4) is 0 Å². The highest BCUT2D eigenvalue weighted by Gasteiger charge is 2.39. The molecule has 124 valence electrons. The second kappa shape index (κ2) is 6.86. The van der Waals surface area contributed by atoms with Gasteiger partial charge in [-0.25, -0.2) is 4.79 Å². The van der Waals surface area contributed by atoms with Gasteiger partial charge in [-0.15, -0.1) is 0 Å². The molecule has 6 heteroatoms. The molecule has 0 unspecified atom stereocenters. The van der Waals surface area contributed by atoms with Crippen LogP contribution in [0.25, 0.3) is 0 Å². The number of carbonyl (C=O) groups is 2. The molecule has 2 heterocycles. The molecular formula is C16H27N3O3. The average molecular weight is 309 g/mol. The lowest BCUT2D eigenvalue weighted by molar-refractivity contribution is -0.152. The van der Waals surface area contributed by atoms with E-state index in [-0.39, 0.29) is 17.9 Å². The number of esters is 1. The van der Waals surface area contributed by atoms with Crippen molar-refractivity contribution in [3.8, 4) is 0 Å². The fraction of sp³-hybridized carbons (Fsp3) is 0.875. The van der Waals surface area contributed by atoms with Crippen molar-refractivity contribution in [3.63, 3.8) is 0 Å². The van der Waals surface area contributed by atoms with Crippen LogP contribution in [0.2, 0.25) is 0 Å². The summed E-state index contributed by atoms with van der Waals surface area (Å²) in [4.78, 5) is 30.4. The lowest BCUT2D eigenvalue weighted by Gasteiger charge is -2.40. The van der Waals surface area contributed by atoms with Crippen LogP contribution >= 0.6 is 0 Å². The fourth-order valence-electron chi connectivity index (χ4n) is 3.49. The molecule has 0 bridgehead atoms. The van der Waals surface area contributed by atoms with E-state index in [2.05, 4.69) is 4.90 Å². The third-order valence-corrected chi connectivity index (χ3v) is 5.16. The van der Waals surface area contributed by atoms with Crippen molar-refractivity contribution in [2.75, 3.05) is 45.9 Å². The molecule has 3 rings (SSSR count). The van der Waals surface area contributed by atoms with Crippen LogP contribution in [0, 0.1) is 5.92 Å². The average Bonchev–Trinajstić information content (AvgIpc) is 2.61. The van der Waals surface area contributed by atoms with Gasteiger partial charge in [0.15, 0.2) is 0 Å². The number of nitrogens with zero attached hydrogens (tertiary/aromatic N) is 3. The molecule has 0 N–H and O–H groups in total. The van der Waals surface area contributed by atoms with Gasteiger partial charge >= 0.3 is 12.0 Å². The van der Waals surface area contributed by atoms with Crippen molar-refractivity contribution in [2.24, 2.45) is 5.92 Å². The normalized spacial score (nSPS) is 24.4. The lowest BCUT2D eigenvalue weighted by Crippen LogP contribution is -2.57. The Morgan fingerprint density at radius 2 is 1.77 bits per heavy atom. The summed E-state index contributed by atoms with van der Waals surface area (Å²) < 4.78 is 5.00. The maximum Gasteiger partial charge on any atom is 0.320 e. The summed E-state index contributed by atoms with van der Waals surface area (Å²) in [6.45, 7) is 7.00. The number of ether oxygens (including phenoxy) is 1. The zero-order valence-corrected chi connectivity index (χ0v) is 13.5. The van der Waals surface area contributed by atoms with Crippen LogP contribution < -0.4 is 0 Å². The van der Waals surface area contributed by atoms with E-state index in [0.717, 1.165) is 38.6 Å². The highest BCUT2D eigenvalue weighted by atomic mass is 16.5. The Balaban J connectivity index is 1.44. The van der Waals surface area contributed by atoms with E-state index in [1.165, 1.54) is 19.3 Å². The summed E-state index contributed by atoms with van der Waals surface area (Å²) in [5, 5.41) is 0.